The number of piperazine rings is 1. The van der Waals surface area contributed by atoms with Gasteiger partial charge >= 0.3 is 0 Å². The van der Waals surface area contributed by atoms with Crippen molar-refractivity contribution in [2.45, 2.75) is 25.9 Å². The van der Waals surface area contributed by atoms with Gasteiger partial charge < -0.3 is 10.6 Å². The van der Waals surface area contributed by atoms with E-state index in [4.69, 9.17) is 0 Å². The number of halogens is 1. The molecule has 0 spiro atoms. The minimum Gasteiger partial charge on any atom is -0.311 e. The van der Waals surface area contributed by atoms with E-state index in [0.29, 0.717) is 12.1 Å². The van der Waals surface area contributed by atoms with Gasteiger partial charge in [-0.25, -0.2) is 0 Å². The van der Waals surface area contributed by atoms with Gasteiger partial charge in [0.25, 0.3) is 0 Å². The van der Waals surface area contributed by atoms with Crippen molar-refractivity contribution in [1.82, 2.24) is 10.6 Å². The molecule has 9 heavy (non-hydrogen) atoms. The minimum atomic E-state index is 0. The molecule has 1 aliphatic heterocycles. The zero-order chi connectivity index (χ0) is 5.98. The van der Waals surface area contributed by atoms with Gasteiger partial charge in [0.15, 0.2) is 0 Å². The van der Waals surface area contributed by atoms with Gasteiger partial charge in [0.2, 0.25) is 0 Å². The van der Waals surface area contributed by atoms with Crippen LogP contribution in [0.25, 0.3) is 0 Å². The predicted molar refractivity (Wildman–Crippen MR) is 42.2 cm³/mol. The van der Waals surface area contributed by atoms with Crippen LogP contribution in [0.5, 0.6) is 0 Å². The Hall–Kier alpha value is 0.210. The van der Waals surface area contributed by atoms with Crippen LogP contribution in [0.2, 0.25) is 0 Å². The summed E-state index contributed by atoms with van der Waals surface area (Å²) in [5.41, 5.74) is 0. The van der Waals surface area contributed by atoms with Crippen LogP contribution < -0.4 is 10.6 Å². The van der Waals surface area contributed by atoms with E-state index in [1.54, 1.807) is 0 Å². The fraction of sp³-hybridized carbons (Fsp3) is 1.00. The van der Waals surface area contributed by atoms with Crippen LogP contribution in [-0.2, 0) is 0 Å². The van der Waals surface area contributed by atoms with Crippen LogP contribution in [0.1, 0.15) is 13.8 Å². The molecule has 1 rings (SSSR count). The summed E-state index contributed by atoms with van der Waals surface area (Å²) in [6.07, 6.45) is 0. The lowest BCUT2D eigenvalue weighted by molar-refractivity contribution is 0.358. The molecule has 0 bridgehead atoms. The lowest BCUT2D eigenvalue weighted by atomic mass is 10.1. The molecular formula is C6H15ClN2. The third kappa shape index (κ3) is 2.52. The lowest BCUT2D eigenvalue weighted by Crippen LogP contribution is -2.52. The summed E-state index contributed by atoms with van der Waals surface area (Å²) >= 11 is 0. The Morgan fingerprint density at radius 3 is 1.56 bits per heavy atom. The second-order valence-corrected chi connectivity index (χ2v) is 2.49. The fourth-order valence-electron chi connectivity index (χ4n) is 0.953. The first kappa shape index (κ1) is 9.21. The van der Waals surface area contributed by atoms with Gasteiger partial charge in [0.1, 0.15) is 0 Å². The van der Waals surface area contributed by atoms with E-state index in [9.17, 15) is 0 Å². The monoisotopic (exact) mass is 150 g/mol. The first-order chi connectivity index (χ1) is 3.80. The van der Waals surface area contributed by atoms with E-state index in [1.165, 1.54) is 0 Å². The highest BCUT2D eigenvalue weighted by atomic mass is 35.5. The smallest absolute Gasteiger partial charge is 0.0190 e. The van der Waals surface area contributed by atoms with Gasteiger partial charge in [-0.2, -0.15) is 0 Å². The average Bonchev–Trinajstić information content (AvgIpc) is 1.77. The normalized spacial score (nSPS) is 35.3. The molecule has 0 aromatic carbocycles. The summed E-state index contributed by atoms with van der Waals surface area (Å²) in [5, 5.41) is 6.74. The van der Waals surface area contributed by atoms with Gasteiger partial charge in [0, 0.05) is 25.2 Å². The van der Waals surface area contributed by atoms with Crippen LogP contribution in [0.4, 0.5) is 0 Å². The van der Waals surface area contributed by atoms with Crippen molar-refractivity contribution in [1.29, 1.82) is 0 Å². The maximum atomic E-state index is 3.37. The van der Waals surface area contributed by atoms with Crippen molar-refractivity contribution in [3.63, 3.8) is 0 Å². The second kappa shape index (κ2) is 4.09. The molecule has 0 amide bonds. The van der Waals surface area contributed by atoms with E-state index in [-0.39, 0.29) is 12.4 Å². The second-order valence-electron chi connectivity index (χ2n) is 2.49. The molecule has 0 aliphatic carbocycles. The van der Waals surface area contributed by atoms with Gasteiger partial charge in [-0.1, -0.05) is 0 Å². The summed E-state index contributed by atoms with van der Waals surface area (Å²) in [7, 11) is 0. The summed E-state index contributed by atoms with van der Waals surface area (Å²) in [5.74, 6) is 0. The van der Waals surface area contributed by atoms with Crippen molar-refractivity contribution in [3.8, 4) is 0 Å². The molecular weight excluding hydrogens is 136 g/mol. The van der Waals surface area contributed by atoms with Crippen molar-refractivity contribution < 1.29 is 0 Å². The molecule has 2 atom stereocenters. The van der Waals surface area contributed by atoms with Crippen LogP contribution >= 0.6 is 12.4 Å². The molecule has 0 aromatic rings. The van der Waals surface area contributed by atoms with E-state index in [0.717, 1.165) is 13.1 Å². The van der Waals surface area contributed by atoms with Gasteiger partial charge in [0.05, 0.1) is 0 Å². The molecule has 0 saturated carbocycles. The SMILES string of the molecule is CC1NCCNC1C.Cl. The molecule has 3 heteroatoms. The van der Waals surface area contributed by atoms with Crippen LogP contribution in [0.15, 0.2) is 0 Å². The van der Waals surface area contributed by atoms with Crippen molar-refractivity contribution in [2.24, 2.45) is 0 Å². The Balaban J connectivity index is 0.000000640. The maximum Gasteiger partial charge on any atom is 0.0190 e. The lowest BCUT2D eigenvalue weighted by Gasteiger charge is -2.27. The first-order valence-corrected chi connectivity index (χ1v) is 3.27. The molecule has 0 radical (unpaired) electrons. The van der Waals surface area contributed by atoms with Crippen molar-refractivity contribution >= 4 is 12.4 Å². The Labute approximate surface area is 62.8 Å². The van der Waals surface area contributed by atoms with Crippen molar-refractivity contribution in [2.75, 3.05) is 13.1 Å². The third-order valence-corrected chi connectivity index (χ3v) is 1.81. The Kier molecular flexibility index (Phi) is 4.19. The van der Waals surface area contributed by atoms with Gasteiger partial charge in [-0.15, -0.1) is 12.4 Å². The van der Waals surface area contributed by atoms with Crippen molar-refractivity contribution in [3.05, 3.63) is 0 Å². The average molecular weight is 151 g/mol. The number of rotatable bonds is 0. The first-order valence-electron chi connectivity index (χ1n) is 3.27. The van der Waals surface area contributed by atoms with Gasteiger partial charge in [-0.3, -0.25) is 0 Å². The molecule has 1 heterocycles. The molecule has 56 valence electrons. The molecule has 2 unspecified atom stereocenters. The molecule has 1 saturated heterocycles. The fourth-order valence-corrected chi connectivity index (χ4v) is 0.953. The quantitative estimate of drug-likeness (QED) is 0.522. The van der Waals surface area contributed by atoms with Crippen LogP contribution in [0, 0.1) is 0 Å². The minimum absolute atomic E-state index is 0. The number of hydrogen-bond acceptors (Lipinski definition) is 2. The summed E-state index contributed by atoms with van der Waals surface area (Å²) in [6, 6.07) is 1.28. The molecule has 2 N–H and O–H groups in total. The zero-order valence-electron chi connectivity index (χ0n) is 5.98. The Bertz CT molecular complexity index is 67.5. The predicted octanol–water partition coefficient (Wildman–Crippen LogP) is 0.378. The molecule has 0 aromatic heterocycles. The summed E-state index contributed by atoms with van der Waals surface area (Å²) in [6.45, 7) is 6.64. The maximum absolute atomic E-state index is 3.37. The standard InChI is InChI=1S/C6H14N2.ClH/c1-5-6(2)8-4-3-7-5;/h5-8H,3-4H2,1-2H3;1H. The highest BCUT2D eigenvalue weighted by molar-refractivity contribution is 5.85. The van der Waals surface area contributed by atoms with E-state index < -0.39 is 0 Å². The van der Waals surface area contributed by atoms with E-state index >= 15 is 0 Å². The van der Waals surface area contributed by atoms with E-state index in [2.05, 4.69) is 24.5 Å². The Morgan fingerprint density at radius 1 is 1.00 bits per heavy atom. The third-order valence-electron chi connectivity index (χ3n) is 1.81. The topological polar surface area (TPSA) is 24.1 Å². The molecule has 1 aliphatic rings. The highest BCUT2D eigenvalue weighted by Gasteiger charge is 2.13. The largest absolute Gasteiger partial charge is 0.311 e. The zero-order valence-corrected chi connectivity index (χ0v) is 6.79. The Morgan fingerprint density at radius 2 is 1.33 bits per heavy atom. The molecule has 2 nitrogen and oxygen atoms in total. The highest BCUT2D eigenvalue weighted by Crippen LogP contribution is 1.93. The van der Waals surface area contributed by atoms with Crippen LogP contribution in [-0.4, -0.2) is 25.2 Å². The van der Waals surface area contributed by atoms with Crippen LogP contribution in [0.3, 0.4) is 0 Å². The summed E-state index contributed by atoms with van der Waals surface area (Å²) in [4.78, 5) is 0. The number of hydrogen-bond donors (Lipinski definition) is 2. The number of nitrogens with one attached hydrogen (secondary N) is 2. The van der Waals surface area contributed by atoms with Gasteiger partial charge in [-0.05, 0) is 13.8 Å². The summed E-state index contributed by atoms with van der Waals surface area (Å²) < 4.78 is 0. The molecule has 1 fully saturated rings. The van der Waals surface area contributed by atoms with E-state index in [1.807, 2.05) is 0 Å².